The maximum atomic E-state index is 12.1. The summed E-state index contributed by atoms with van der Waals surface area (Å²) in [5, 5.41) is 2.70. The van der Waals surface area contributed by atoms with E-state index < -0.39 is 0 Å². The molecule has 0 aromatic heterocycles. The third-order valence-electron chi connectivity index (χ3n) is 2.97. The predicted octanol–water partition coefficient (Wildman–Crippen LogP) is 2.47. The van der Waals surface area contributed by atoms with Crippen molar-refractivity contribution in [1.82, 2.24) is 0 Å². The van der Waals surface area contributed by atoms with Gasteiger partial charge in [0.1, 0.15) is 0 Å². The molecule has 0 unspecified atom stereocenters. The number of thioether (sulfide) groups is 1. The zero-order valence-corrected chi connectivity index (χ0v) is 9.69. The van der Waals surface area contributed by atoms with E-state index in [2.05, 4.69) is 5.32 Å². The topological polar surface area (TPSA) is 46.2 Å². The molecule has 1 aliphatic heterocycles. The van der Waals surface area contributed by atoms with Crippen molar-refractivity contribution in [3.8, 4) is 0 Å². The molecular formula is C12H11NO2S. The summed E-state index contributed by atoms with van der Waals surface area (Å²) in [6.07, 6.45) is 1.97. The largest absolute Gasteiger partial charge is 0.326 e. The van der Waals surface area contributed by atoms with Crippen LogP contribution in [-0.2, 0) is 4.79 Å². The Labute approximate surface area is 97.6 Å². The molecule has 1 aromatic carbocycles. The van der Waals surface area contributed by atoms with Gasteiger partial charge in [0.15, 0.2) is 5.78 Å². The average molecular weight is 233 g/mol. The number of Topliss-reactive ketones (excluding diaryl/α,β-unsaturated/α-hetero) is 1. The first-order valence-electron chi connectivity index (χ1n) is 5.26. The number of hydrogen-bond donors (Lipinski definition) is 1. The summed E-state index contributed by atoms with van der Waals surface area (Å²) in [4.78, 5) is 24.1. The smallest absolute Gasteiger partial charge is 0.221 e. The average Bonchev–Trinajstić information content (AvgIpc) is 2.94. The summed E-state index contributed by atoms with van der Waals surface area (Å²) < 4.78 is -0.142. The van der Waals surface area contributed by atoms with Crippen LogP contribution in [0.15, 0.2) is 23.1 Å². The monoisotopic (exact) mass is 233 g/mol. The van der Waals surface area contributed by atoms with E-state index in [1.165, 1.54) is 6.92 Å². The lowest BCUT2D eigenvalue weighted by Crippen LogP contribution is -2.12. The normalized spacial score (nSPS) is 19.7. The van der Waals surface area contributed by atoms with Gasteiger partial charge in [-0.3, -0.25) is 9.59 Å². The molecule has 3 rings (SSSR count). The van der Waals surface area contributed by atoms with Gasteiger partial charge >= 0.3 is 0 Å². The number of anilines is 1. The van der Waals surface area contributed by atoms with Crippen LogP contribution in [0.3, 0.4) is 0 Å². The second-order valence-electron chi connectivity index (χ2n) is 4.32. The Balaban J connectivity index is 1.98. The van der Waals surface area contributed by atoms with Crippen LogP contribution in [0.5, 0.6) is 0 Å². The SMILES string of the molecule is CC(=O)Nc1ccc2c(c1)C(=O)C1(CC1)S2. The summed E-state index contributed by atoms with van der Waals surface area (Å²) in [6.45, 7) is 1.46. The number of amides is 1. The van der Waals surface area contributed by atoms with E-state index in [4.69, 9.17) is 0 Å². The second kappa shape index (κ2) is 3.10. The molecule has 1 heterocycles. The number of benzene rings is 1. The molecule has 4 heteroatoms. The second-order valence-corrected chi connectivity index (χ2v) is 5.74. The fraction of sp³-hybridized carbons (Fsp3) is 0.333. The number of nitrogens with one attached hydrogen (secondary N) is 1. The Morgan fingerprint density at radius 1 is 1.44 bits per heavy atom. The van der Waals surface area contributed by atoms with Crippen LogP contribution in [0.1, 0.15) is 30.1 Å². The molecule has 0 atom stereocenters. The molecule has 3 nitrogen and oxygen atoms in total. The van der Waals surface area contributed by atoms with E-state index in [1.807, 2.05) is 12.1 Å². The highest BCUT2D eigenvalue weighted by Crippen LogP contribution is 2.59. The maximum absolute atomic E-state index is 12.1. The van der Waals surface area contributed by atoms with E-state index in [9.17, 15) is 9.59 Å². The maximum Gasteiger partial charge on any atom is 0.221 e. The molecule has 1 saturated carbocycles. The van der Waals surface area contributed by atoms with Crippen LogP contribution in [-0.4, -0.2) is 16.4 Å². The van der Waals surface area contributed by atoms with Crippen molar-refractivity contribution in [2.24, 2.45) is 0 Å². The Hall–Kier alpha value is -1.29. The van der Waals surface area contributed by atoms with Gasteiger partial charge in [-0.15, -0.1) is 11.8 Å². The lowest BCUT2D eigenvalue weighted by atomic mass is 10.1. The number of hydrogen-bond acceptors (Lipinski definition) is 3. The number of carbonyl (C=O) groups is 2. The first kappa shape index (κ1) is 9.90. The fourth-order valence-corrected chi connectivity index (χ4v) is 3.35. The van der Waals surface area contributed by atoms with Gasteiger partial charge < -0.3 is 5.32 Å². The van der Waals surface area contributed by atoms with E-state index in [0.29, 0.717) is 5.69 Å². The minimum atomic E-state index is -0.142. The first-order valence-corrected chi connectivity index (χ1v) is 6.08. The lowest BCUT2D eigenvalue weighted by molar-refractivity contribution is -0.114. The Morgan fingerprint density at radius 3 is 2.81 bits per heavy atom. The summed E-state index contributed by atoms with van der Waals surface area (Å²) >= 11 is 1.68. The molecule has 1 N–H and O–H groups in total. The predicted molar refractivity (Wildman–Crippen MR) is 62.9 cm³/mol. The molecule has 1 spiro atoms. The van der Waals surface area contributed by atoms with Crippen LogP contribution >= 0.6 is 11.8 Å². The van der Waals surface area contributed by atoms with Crippen molar-refractivity contribution in [2.75, 3.05) is 5.32 Å². The highest BCUT2D eigenvalue weighted by atomic mass is 32.2. The number of rotatable bonds is 1. The molecule has 0 radical (unpaired) electrons. The van der Waals surface area contributed by atoms with Gasteiger partial charge in [0.05, 0.1) is 4.75 Å². The van der Waals surface area contributed by atoms with E-state index in [0.717, 1.165) is 23.3 Å². The molecule has 0 saturated heterocycles. The Kier molecular flexibility index (Phi) is 1.92. The van der Waals surface area contributed by atoms with Crippen LogP contribution < -0.4 is 5.32 Å². The summed E-state index contributed by atoms with van der Waals surface area (Å²) in [6, 6.07) is 5.57. The Bertz CT molecular complexity index is 506. The van der Waals surface area contributed by atoms with Crippen LogP contribution in [0.4, 0.5) is 5.69 Å². The van der Waals surface area contributed by atoms with Crippen molar-refractivity contribution in [1.29, 1.82) is 0 Å². The van der Waals surface area contributed by atoms with Gasteiger partial charge in [0.2, 0.25) is 5.91 Å². The highest BCUT2D eigenvalue weighted by Gasteiger charge is 2.55. The number of fused-ring (bicyclic) bond motifs is 1. The number of carbonyl (C=O) groups excluding carboxylic acids is 2. The quantitative estimate of drug-likeness (QED) is 0.810. The minimum absolute atomic E-state index is 0.112. The first-order chi connectivity index (χ1) is 7.61. The van der Waals surface area contributed by atoms with Gasteiger partial charge in [-0.1, -0.05) is 0 Å². The number of ketones is 1. The van der Waals surface area contributed by atoms with Gasteiger partial charge in [-0.2, -0.15) is 0 Å². The van der Waals surface area contributed by atoms with Gasteiger partial charge in [-0.25, -0.2) is 0 Å². The van der Waals surface area contributed by atoms with Gasteiger partial charge in [-0.05, 0) is 31.0 Å². The van der Waals surface area contributed by atoms with E-state index in [-0.39, 0.29) is 16.4 Å². The third-order valence-corrected chi connectivity index (χ3v) is 4.53. The van der Waals surface area contributed by atoms with Crippen molar-refractivity contribution in [3.05, 3.63) is 23.8 Å². The molecule has 1 amide bonds. The fourth-order valence-electron chi connectivity index (χ4n) is 2.02. The Morgan fingerprint density at radius 2 is 2.19 bits per heavy atom. The van der Waals surface area contributed by atoms with Crippen LogP contribution in [0, 0.1) is 0 Å². The van der Waals surface area contributed by atoms with Crippen LogP contribution in [0.2, 0.25) is 0 Å². The summed E-state index contributed by atoms with van der Waals surface area (Å²) in [5.41, 5.74) is 1.48. The summed E-state index contributed by atoms with van der Waals surface area (Å²) in [7, 11) is 0. The van der Waals surface area contributed by atoms with E-state index >= 15 is 0 Å². The third kappa shape index (κ3) is 1.37. The van der Waals surface area contributed by atoms with Crippen molar-refractivity contribution >= 4 is 29.1 Å². The summed E-state index contributed by atoms with van der Waals surface area (Å²) in [5.74, 6) is 0.124. The molecule has 1 fully saturated rings. The standard InChI is InChI=1S/C12H11NO2S/c1-7(14)13-8-2-3-10-9(6-8)11(15)12(16-10)4-5-12/h2-3,6H,4-5H2,1H3,(H,13,14). The lowest BCUT2D eigenvalue weighted by Gasteiger charge is -2.03. The molecular weight excluding hydrogens is 222 g/mol. The molecule has 82 valence electrons. The van der Waals surface area contributed by atoms with Crippen molar-refractivity contribution in [2.45, 2.75) is 29.4 Å². The molecule has 1 aromatic rings. The van der Waals surface area contributed by atoms with Crippen LogP contribution in [0.25, 0.3) is 0 Å². The van der Waals surface area contributed by atoms with Gasteiger partial charge in [0, 0.05) is 23.1 Å². The molecule has 2 aliphatic rings. The van der Waals surface area contributed by atoms with E-state index in [1.54, 1.807) is 17.8 Å². The minimum Gasteiger partial charge on any atom is -0.326 e. The van der Waals surface area contributed by atoms with Crippen molar-refractivity contribution in [3.63, 3.8) is 0 Å². The zero-order valence-electron chi connectivity index (χ0n) is 8.87. The highest BCUT2D eigenvalue weighted by molar-refractivity contribution is 8.02. The molecule has 16 heavy (non-hydrogen) atoms. The van der Waals surface area contributed by atoms with Crippen molar-refractivity contribution < 1.29 is 9.59 Å². The zero-order chi connectivity index (χ0) is 11.3. The van der Waals surface area contributed by atoms with Gasteiger partial charge in [0.25, 0.3) is 0 Å². The molecule has 0 bridgehead atoms. The molecule has 1 aliphatic carbocycles.